The number of hydrogen-bond acceptors (Lipinski definition) is 2. The van der Waals surface area contributed by atoms with Gasteiger partial charge in [-0.2, -0.15) is 0 Å². The molecule has 1 amide bonds. The molecule has 0 aromatic heterocycles. The molecule has 1 N–H and O–H groups in total. The highest BCUT2D eigenvalue weighted by atomic mass is 16.2. The Morgan fingerprint density at radius 1 is 1.33 bits per heavy atom. The zero-order valence-electron chi connectivity index (χ0n) is 12.0. The summed E-state index contributed by atoms with van der Waals surface area (Å²) < 4.78 is 0. The molecular formula is C15H28N2O. The van der Waals surface area contributed by atoms with Gasteiger partial charge in [0.05, 0.1) is 5.54 Å². The first-order chi connectivity index (χ1) is 8.65. The molecule has 0 saturated carbocycles. The summed E-state index contributed by atoms with van der Waals surface area (Å²) in [5, 5.41) is 3.40. The lowest BCUT2D eigenvalue weighted by molar-refractivity contribution is -0.137. The standard InChI is InChI=1S/C15H28N2O/c1-3-6-13-7-4-11-17(12-8-13)14(18)15(2)9-5-10-16-15/h13,16H,3-12H2,1-2H3. The number of carbonyl (C=O) groups is 1. The van der Waals surface area contributed by atoms with Crippen molar-refractivity contribution in [1.82, 2.24) is 10.2 Å². The van der Waals surface area contributed by atoms with E-state index in [4.69, 9.17) is 0 Å². The van der Waals surface area contributed by atoms with E-state index in [9.17, 15) is 4.79 Å². The molecule has 18 heavy (non-hydrogen) atoms. The molecule has 0 aromatic carbocycles. The van der Waals surface area contributed by atoms with E-state index in [1.807, 2.05) is 0 Å². The molecule has 2 saturated heterocycles. The van der Waals surface area contributed by atoms with Gasteiger partial charge in [-0.15, -0.1) is 0 Å². The number of nitrogens with zero attached hydrogens (tertiary/aromatic N) is 1. The van der Waals surface area contributed by atoms with Crippen LogP contribution in [0.5, 0.6) is 0 Å². The summed E-state index contributed by atoms with van der Waals surface area (Å²) in [5.74, 6) is 1.19. The van der Waals surface area contributed by atoms with E-state index in [1.165, 1.54) is 32.1 Å². The molecule has 2 aliphatic rings. The Labute approximate surface area is 111 Å². The highest BCUT2D eigenvalue weighted by molar-refractivity contribution is 5.86. The third kappa shape index (κ3) is 3.05. The van der Waals surface area contributed by atoms with E-state index < -0.39 is 0 Å². The molecule has 0 radical (unpaired) electrons. The third-order valence-electron chi connectivity index (χ3n) is 4.67. The van der Waals surface area contributed by atoms with E-state index in [0.717, 1.165) is 38.4 Å². The predicted octanol–water partition coefficient (Wildman–Crippen LogP) is 2.56. The lowest BCUT2D eigenvalue weighted by Gasteiger charge is -2.31. The maximum absolute atomic E-state index is 12.6. The molecule has 3 nitrogen and oxygen atoms in total. The Hall–Kier alpha value is -0.570. The fourth-order valence-corrected chi connectivity index (χ4v) is 3.49. The van der Waals surface area contributed by atoms with Crippen LogP contribution in [0.4, 0.5) is 0 Å². The fraction of sp³-hybridized carbons (Fsp3) is 0.933. The molecule has 3 heteroatoms. The van der Waals surface area contributed by atoms with E-state index in [0.29, 0.717) is 5.91 Å². The van der Waals surface area contributed by atoms with Crippen LogP contribution in [0.2, 0.25) is 0 Å². The summed E-state index contributed by atoms with van der Waals surface area (Å²) in [6.45, 7) is 7.28. The summed E-state index contributed by atoms with van der Waals surface area (Å²) in [7, 11) is 0. The summed E-state index contributed by atoms with van der Waals surface area (Å²) >= 11 is 0. The van der Waals surface area contributed by atoms with Gasteiger partial charge in [0.15, 0.2) is 0 Å². The molecule has 0 bridgehead atoms. The van der Waals surface area contributed by atoms with Crippen LogP contribution in [0.25, 0.3) is 0 Å². The zero-order valence-corrected chi connectivity index (χ0v) is 12.0. The van der Waals surface area contributed by atoms with Crippen LogP contribution in [0.3, 0.4) is 0 Å². The Kier molecular flexibility index (Phi) is 4.66. The van der Waals surface area contributed by atoms with Crippen LogP contribution in [-0.2, 0) is 4.79 Å². The maximum Gasteiger partial charge on any atom is 0.242 e. The fourth-order valence-electron chi connectivity index (χ4n) is 3.49. The van der Waals surface area contributed by atoms with Crippen molar-refractivity contribution in [2.24, 2.45) is 5.92 Å². The highest BCUT2D eigenvalue weighted by Crippen LogP contribution is 2.26. The molecule has 2 fully saturated rings. The van der Waals surface area contributed by atoms with Crippen LogP contribution in [0.15, 0.2) is 0 Å². The van der Waals surface area contributed by atoms with Gasteiger partial charge in [0.25, 0.3) is 0 Å². The molecular weight excluding hydrogens is 224 g/mol. The molecule has 2 atom stereocenters. The predicted molar refractivity (Wildman–Crippen MR) is 74.5 cm³/mol. The average Bonchev–Trinajstić information content (AvgIpc) is 2.68. The molecule has 2 unspecified atom stereocenters. The minimum atomic E-state index is -0.273. The van der Waals surface area contributed by atoms with Crippen molar-refractivity contribution >= 4 is 5.91 Å². The van der Waals surface area contributed by atoms with Crippen molar-refractivity contribution in [1.29, 1.82) is 0 Å². The lowest BCUT2D eigenvalue weighted by atomic mass is 9.96. The van der Waals surface area contributed by atoms with Gasteiger partial charge in [0.2, 0.25) is 5.91 Å². The Balaban J connectivity index is 1.91. The number of amides is 1. The van der Waals surface area contributed by atoms with Gasteiger partial charge in [-0.25, -0.2) is 0 Å². The second-order valence-corrected chi connectivity index (χ2v) is 6.24. The minimum Gasteiger partial charge on any atom is -0.341 e. The molecule has 104 valence electrons. The summed E-state index contributed by atoms with van der Waals surface area (Å²) in [6.07, 6.45) is 8.44. The van der Waals surface area contributed by atoms with Gasteiger partial charge in [-0.3, -0.25) is 4.79 Å². The largest absolute Gasteiger partial charge is 0.341 e. The quantitative estimate of drug-likeness (QED) is 0.837. The van der Waals surface area contributed by atoms with Gasteiger partial charge >= 0.3 is 0 Å². The Morgan fingerprint density at radius 3 is 2.83 bits per heavy atom. The molecule has 2 heterocycles. The Bertz CT molecular complexity index is 284. The van der Waals surface area contributed by atoms with Crippen LogP contribution in [0, 0.1) is 5.92 Å². The minimum absolute atomic E-state index is 0.273. The van der Waals surface area contributed by atoms with Gasteiger partial charge in [0, 0.05) is 13.1 Å². The number of rotatable bonds is 3. The molecule has 2 aliphatic heterocycles. The van der Waals surface area contributed by atoms with Gasteiger partial charge in [-0.1, -0.05) is 19.8 Å². The van der Waals surface area contributed by atoms with Crippen LogP contribution in [0.1, 0.15) is 58.8 Å². The lowest BCUT2D eigenvalue weighted by Crippen LogP contribution is -2.53. The molecule has 0 aromatic rings. The van der Waals surface area contributed by atoms with Crippen molar-refractivity contribution in [3.63, 3.8) is 0 Å². The van der Waals surface area contributed by atoms with Crippen LogP contribution >= 0.6 is 0 Å². The first kappa shape index (κ1) is 13.9. The van der Waals surface area contributed by atoms with Crippen molar-refractivity contribution in [3.8, 4) is 0 Å². The smallest absolute Gasteiger partial charge is 0.242 e. The number of nitrogens with one attached hydrogen (secondary N) is 1. The van der Waals surface area contributed by atoms with E-state index in [2.05, 4.69) is 24.1 Å². The molecule has 0 spiro atoms. The van der Waals surface area contributed by atoms with E-state index >= 15 is 0 Å². The SMILES string of the molecule is CCCC1CCCN(C(=O)C2(C)CCCN2)CC1. The highest BCUT2D eigenvalue weighted by Gasteiger charge is 2.39. The van der Waals surface area contributed by atoms with E-state index in [-0.39, 0.29) is 5.54 Å². The van der Waals surface area contributed by atoms with Crippen molar-refractivity contribution in [3.05, 3.63) is 0 Å². The summed E-state index contributed by atoms with van der Waals surface area (Å²) in [4.78, 5) is 14.7. The monoisotopic (exact) mass is 252 g/mol. The first-order valence-corrected chi connectivity index (χ1v) is 7.70. The van der Waals surface area contributed by atoms with Gasteiger partial charge < -0.3 is 10.2 Å². The van der Waals surface area contributed by atoms with Crippen molar-refractivity contribution in [2.75, 3.05) is 19.6 Å². The average molecular weight is 252 g/mol. The van der Waals surface area contributed by atoms with Crippen molar-refractivity contribution in [2.45, 2.75) is 64.3 Å². The zero-order chi connectivity index (χ0) is 13.0. The van der Waals surface area contributed by atoms with E-state index in [1.54, 1.807) is 0 Å². The normalized spacial score (nSPS) is 33.4. The number of likely N-dealkylation sites (tertiary alicyclic amines) is 1. The second kappa shape index (κ2) is 6.05. The number of carbonyl (C=O) groups excluding carboxylic acids is 1. The summed E-state index contributed by atoms with van der Waals surface area (Å²) in [6, 6.07) is 0. The second-order valence-electron chi connectivity index (χ2n) is 6.24. The van der Waals surface area contributed by atoms with Gasteiger partial charge in [0.1, 0.15) is 0 Å². The third-order valence-corrected chi connectivity index (χ3v) is 4.67. The van der Waals surface area contributed by atoms with Crippen LogP contribution < -0.4 is 5.32 Å². The van der Waals surface area contributed by atoms with Crippen molar-refractivity contribution < 1.29 is 4.79 Å². The molecule has 2 rings (SSSR count). The topological polar surface area (TPSA) is 32.3 Å². The van der Waals surface area contributed by atoms with Gasteiger partial charge in [-0.05, 0) is 51.5 Å². The van der Waals surface area contributed by atoms with Crippen LogP contribution in [-0.4, -0.2) is 36.0 Å². The molecule has 0 aliphatic carbocycles. The number of hydrogen-bond donors (Lipinski definition) is 1. The summed E-state index contributed by atoms with van der Waals surface area (Å²) in [5.41, 5.74) is -0.273. The maximum atomic E-state index is 12.6. The first-order valence-electron chi connectivity index (χ1n) is 7.70. The Morgan fingerprint density at radius 2 is 2.17 bits per heavy atom.